The highest BCUT2D eigenvalue weighted by molar-refractivity contribution is 6.00. The fraction of sp³-hybridized carbons (Fsp3) is 0.462. The number of nitrogens with one attached hydrogen (secondary N) is 1. The van der Waals surface area contributed by atoms with Crippen LogP contribution in [0.15, 0.2) is 18.2 Å². The number of benzene rings is 1. The summed E-state index contributed by atoms with van der Waals surface area (Å²) < 4.78 is 41.4. The number of fused-ring (bicyclic) bond motifs is 1. The molecule has 0 atom stereocenters. The van der Waals surface area contributed by atoms with E-state index in [-0.39, 0.29) is 12.3 Å². The summed E-state index contributed by atoms with van der Waals surface area (Å²) in [6.45, 7) is -0.985. The van der Waals surface area contributed by atoms with Crippen LogP contribution in [0.5, 0.6) is 5.75 Å². The molecule has 0 bridgehead atoms. The largest absolute Gasteiger partial charge is 0.493 e. The second kappa shape index (κ2) is 5.61. The maximum absolute atomic E-state index is 12.0. The van der Waals surface area contributed by atoms with Crippen LogP contribution in [0.3, 0.4) is 0 Å². The summed E-state index contributed by atoms with van der Waals surface area (Å²) in [5.74, 6) is 0.135. The molecule has 0 amide bonds. The Balaban J connectivity index is 2.03. The van der Waals surface area contributed by atoms with Gasteiger partial charge in [0, 0.05) is 0 Å². The molecule has 0 saturated heterocycles. The number of Topliss-reactive ketones (excluding diaryl/α,β-unsaturated/α-hetero) is 1. The fourth-order valence-electron chi connectivity index (χ4n) is 2.02. The third kappa shape index (κ3) is 3.70. The number of hydrogen-bond acceptors (Lipinski definition) is 3. The van der Waals surface area contributed by atoms with Gasteiger partial charge in [-0.3, -0.25) is 4.79 Å². The Bertz CT molecular complexity index is 471. The highest BCUT2D eigenvalue weighted by Crippen LogP contribution is 2.29. The molecule has 0 fully saturated rings. The third-order valence-electron chi connectivity index (χ3n) is 2.84. The first kappa shape index (κ1) is 13.9. The van der Waals surface area contributed by atoms with Gasteiger partial charge < -0.3 is 10.1 Å². The predicted molar refractivity (Wildman–Crippen MR) is 63.5 cm³/mol. The number of hydrogen-bond donors (Lipinski definition) is 1. The van der Waals surface area contributed by atoms with Gasteiger partial charge in [0.15, 0.2) is 5.78 Å². The van der Waals surface area contributed by atoms with Crippen molar-refractivity contribution in [2.75, 3.05) is 19.7 Å². The number of aryl methyl sites for hydroxylation is 1. The molecule has 1 N–H and O–H groups in total. The maximum Gasteiger partial charge on any atom is 0.401 e. The lowest BCUT2D eigenvalue weighted by molar-refractivity contribution is -0.124. The molecule has 1 aromatic carbocycles. The molecule has 2 rings (SSSR count). The van der Waals surface area contributed by atoms with Crippen LogP contribution >= 0.6 is 0 Å². The van der Waals surface area contributed by atoms with Gasteiger partial charge in [0.2, 0.25) is 0 Å². The Labute approximate surface area is 108 Å². The molecule has 0 aromatic heterocycles. The Kier molecular flexibility index (Phi) is 4.09. The normalized spacial score (nSPS) is 14.7. The monoisotopic (exact) mass is 273 g/mol. The summed E-state index contributed by atoms with van der Waals surface area (Å²) in [4.78, 5) is 11.9. The van der Waals surface area contributed by atoms with E-state index in [1.807, 2.05) is 6.07 Å². The van der Waals surface area contributed by atoms with Crippen LogP contribution in [-0.4, -0.2) is 31.7 Å². The van der Waals surface area contributed by atoms with Crippen LogP contribution in [-0.2, 0) is 6.42 Å². The smallest absolute Gasteiger partial charge is 0.401 e. The molecular weight excluding hydrogens is 259 g/mol. The van der Waals surface area contributed by atoms with Crippen molar-refractivity contribution in [2.45, 2.75) is 19.0 Å². The number of para-hydroxylation sites is 1. The molecule has 0 aliphatic carbocycles. The van der Waals surface area contributed by atoms with Crippen LogP contribution in [0.25, 0.3) is 0 Å². The highest BCUT2D eigenvalue weighted by Gasteiger charge is 2.27. The molecular formula is C13H14F3NO2. The lowest BCUT2D eigenvalue weighted by Crippen LogP contribution is -2.33. The van der Waals surface area contributed by atoms with Gasteiger partial charge in [0.1, 0.15) is 5.75 Å². The molecule has 1 aliphatic heterocycles. The molecule has 19 heavy (non-hydrogen) atoms. The van der Waals surface area contributed by atoms with Crippen molar-refractivity contribution in [3.63, 3.8) is 0 Å². The molecule has 0 saturated carbocycles. The molecule has 1 aromatic rings. The van der Waals surface area contributed by atoms with Gasteiger partial charge in [-0.05, 0) is 24.5 Å². The summed E-state index contributed by atoms with van der Waals surface area (Å²) in [6.07, 6.45) is -2.60. The van der Waals surface area contributed by atoms with Gasteiger partial charge >= 0.3 is 6.18 Å². The molecule has 0 radical (unpaired) electrons. The number of ether oxygens (including phenoxy) is 1. The summed E-state index contributed by atoms with van der Waals surface area (Å²) in [5.41, 5.74) is 1.29. The van der Waals surface area contributed by atoms with E-state index in [2.05, 4.69) is 5.32 Å². The van der Waals surface area contributed by atoms with E-state index in [0.29, 0.717) is 17.9 Å². The van der Waals surface area contributed by atoms with Gasteiger partial charge in [0.05, 0.1) is 25.3 Å². The van der Waals surface area contributed by atoms with E-state index in [1.165, 1.54) is 0 Å². The quantitative estimate of drug-likeness (QED) is 0.856. The first-order valence-electron chi connectivity index (χ1n) is 6.03. The number of halogens is 3. The van der Waals surface area contributed by atoms with Gasteiger partial charge in [-0.2, -0.15) is 13.2 Å². The highest BCUT2D eigenvalue weighted by atomic mass is 19.4. The number of carbonyl (C=O) groups is 1. The van der Waals surface area contributed by atoms with E-state index in [1.54, 1.807) is 12.1 Å². The minimum absolute atomic E-state index is 0.348. The predicted octanol–water partition coefficient (Wildman–Crippen LogP) is 2.35. The Morgan fingerprint density at radius 2 is 2.16 bits per heavy atom. The minimum atomic E-state index is -4.31. The minimum Gasteiger partial charge on any atom is -0.493 e. The van der Waals surface area contributed by atoms with Crippen LogP contribution in [0.1, 0.15) is 22.3 Å². The molecule has 3 nitrogen and oxygen atoms in total. The Hall–Kier alpha value is -1.56. The van der Waals surface area contributed by atoms with Crippen molar-refractivity contribution in [3.8, 4) is 5.75 Å². The molecule has 104 valence electrons. The molecule has 1 aliphatic rings. The topological polar surface area (TPSA) is 38.3 Å². The van der Waals surface area contributed by atoms with Gasteiger partial charge in [-0.1, -0.05) is 12.1 Å². The van der Waals surface area contributed by atoms with Crippen molar-refractivity contribution in [2.24, 2.45) is 0 Å². The molecule has 0 spiro atoms. The first-order chi connectivity index (χ1) is 8.97. The zero-order chi connectivity index (χ0) is 13.9. The van der Waals surface area contributed by atoms with Crippen molar-refractivity contribution in [3.05, 3.63) is 29.3 Å². The standard InChI is InChI=1S/C13H14F3NO2/c14-13(15,16)8-17-7-11(18)10-5-1-3-9-4-2-6-19-12(9)10/h1,3,5,17H,2,4,6-8H2. The Morgan fingerprint density at radius 1 is 1.37 bits per heavy atom. The van der Waals surface area contributed by atoms with Crippen LogP contribution < -0.4 is 10.1 Å². The van der Waals surface area contributed by atoms with Crippen molar-refractivity contribution < 1.29 is 22.7 Å². The van der Waals surface area contributed by atoms with Crippen molar-refractivity contribution in [1.82, 2.24) is 5.32 Å². The lowest BCUT2D eigenvalue weighted by atomic mass is 10.00. The van der Waals surface area contributed by atoms with E-state index in [4.69, 9.17) is 4.74 Å². The SMILES string of the molecule is O=C(CNCC(F)(F)F)c1cccc2c1OCCC2. The van der Waals surface area contributed by atoms with Crippen molar-refractivity contribution >= 4 is 5.78 Å². The van der Waals surface area contributed by atoms with E-state index >= 15 is 0 Å². The lowest BCUT2D eigenvalue weighted by Gasteiger charge is -2.19. The summed E-state index contributed by atoms with van der Waals surface area (Å²) >= 11 is 0. The zero-order valence-corrected chi connectivity index (χ0v) is 10.2. The summed E-state index contributed by atoms with van der Waals surface area (Å²) in [5, 5.41) is 2.10. The number of rotatable bonds is 4. The van der Waals surface area contributed by atoms with E-state index < -0.39 is 12.7 Å². The zero-order valence-electron chi connectivity index (χ0n) is 10.2. The van der Waals surface area contributed by atoms with Crippen molar-refractivity contribution in [1.29, 1.82) is 0 Å². The Morgan fingerprint density at radius 3 is 2.89 bits per heavy atom. The van der Waals surface area contributed by atoms with Gasteiger partial charge in [-0.25, -0.2) is 0 Å². The number of ketones is 1. The third-order valence-corrected chi connectivity index (χ3v) is 2.84. The average molecular weight is 273 g/mol. The van der Waals surface area contributed by atoms with E-state index in [0.717, 1.165) is 18.4 Å². The fourth-order valence-corrected chi connectivity index (χ4v) is 2.02. The maximum atomic E-state index is 12.0. The van der Waals surface area contributed by atoms with Gasteiger partial charge in [0.25, 0.3) is 0 Å². The second-order valence-electron chi connectivity index (χ2n) is 4.39. The molecule has 1 heterocycles. The average Bonchev–Trinajstić information content (AvgIpc) is 2.36. The number of alkyl halides is 3. The molecule has 6 heteroatoms. The number of carbonyl (C=O) groups excluding carboxylic acids is 1. The van der Waals surface area contributed by atoms with Crippen LogP contribution in [0.2, 0.25) is 0 Å². The molecule has 0 unspecified atom stereocenters. The van der Waals surface area contributed by atoms with Crippen LogP contribution in [0.4, 0.5) is 13.2 Å². The summed E-state index contributed by atoms with van der Waals surface area (Å²) in [6, 6.07) is 5.18. The second-order valence-corrected chi connectivity index (χ2v) is 4.39. The van der Waals surface area contributed by atoms with E-state index in [9.17, 15) is 18.0 Å². The van der Waals surface area contributed by atoms with Gasteiger partial charge in [-0.15, -0.1) is 0 Å². The summed E-state index contributed by atoms with van der Waals surface area (Å²) in [7, 11) is 0. The van der Waals surface area contributed by atoms with Crippen LogP contribution in [0, 0.1) is 0 Å². The first-order valence-corrected chi connectivity index (χ1v) is 6.03.